The molecule has 0 bridgehead atoms. The first kappa shape index (κ1) is 11.9. The summed E-state index contributed by atoms with van der Waals surface area (Å²) in [6.07, 6.45) is 2.18. The Morgan fingerprint density at radius 2 is 2.28 bits per heavy atom. The second-order valence-corrected chi connectivity index (χ2v) is 5.79. The summed E-state index contributed by atoms with van der Waals surface area (Å²) in [4.78, 5) is 22.1. The molecule has 3 rings (SSSR count). The van der Waals surface area contributed by atoms with Gasteiger partial charge in [0.15, 0.2) is 0 Å². The Morgan fingerprint density at radius 1 is 1.44 bits per heavy atom. The number of halogens is 1. The Labute approximate surface area is 118 Å². The zero-order valence-corrected chi connectivity index (χ0v) is 11.9. The van der Waals surface area contributed by atoms with Gasteiger partial charge in [0.2, 0.25) is 11.9 Å². The van der Waals surface area contributed by atoms with Gasteiger partial charge in [0.1, 0.15) is 0 Å². The van der Waals surface area contributed by atoms with Gasteiger partial charge < -0.3 is 0 Å². The van der Waals surface area contributed by atoms with Gasteiger partial charge in [-0.1, -0.05) is 22.0 Å². The summed E-state index contributed by atoms with van der Waals surface area (Å²) in [6.45, 7) is 0.571. The number of thiol groups is 1. The van der Waals surface area contributed by atoms with Crippen LogP contribution in [0, 0.1) is 0 Å². The van der Waals surface area contributed by atoms with Gasteiger partial charge in [0, 0.05) is 34.3 Å². The average molecular weight is 324 g/mol. The molecule has 1 saturated heterocycles. The lowest BCUT2D eigenvalue weighted by atomic mass is 10.2. The highest BCUT2D eigenvalue weighted by Gasteiger charge is 2.30. The fraction of sp³-hybridized carbons (Fsp3) is 0.250. The molecule has 1 aromatic heterocycles. The van der Waals surface area contributed by atoms with Crippen LogP contribution in [-0.4, -0.2) is 27.7 Å². The van der Waals surface area contributed by atoms with Crippen LogP contribution in [0.15, 0.2) is 28.9 Å². The number of carbonyl (C=O) groups is 1. The molecule has 92 valence electrons. The molecule has 2 aromatic rings. The molecular weight excluding hydrogens is 314 g/mol. The molecule has 18 heavy (non-hydrogen) atoms. The van der Waals surface area contributed by atoms with Crippen LogP contribution in [0.1, 0.15) is 6.42 Å². The lowest BCUT2D eigenvalue weighted by molar-refractivity contribution is -0.117. The van der Waals surface area contributed by atoms with Gasteiger partial charge in [-0.2, -0.15) is 12.6 Å². The van der Waals surface area contributed by atoms with Gasteiger partial charge in [-0.3, -0.25) is 9.69 Å². The largest absolute Gasteiger partial charge is 0.280 e. The second-order valence-electron chi connectivity index (χ2n) is 4.20. The van der Waals surface area contributed by atoms with Crippen molar-refractivity contribution in [3.05, 3.63) is 28.9 Å². The first-order valence-corrected chi connectivity index (χ1v) is 6.86. The van der Waals surface area contributed by atoms with Crippen molar-refractivity contribution in [1.82, 2.24) is 9.97 Å². The Hall–Kier alpha value is -1.14. The van der Waals surface area contributed by atoms with Gasteiger partial charge in [0.25, 0.3) is 0 Å². The summed E-state index contributed by atoms with van der Waals surface area (Å²) in [5.74, 6) is 0.492. The first-order chi connectivity index (χ1) is 8.65. The summed E-state index contributed by atoms with van der Waals surface area (Å²) >= 11 is 7.78. The Balaban J connectivity index is 2.06. The van der Waals surface area contributed by atoms with E-state index in [-0.39, 0.29) is 11.2 Å². The van der Waals surface area contributed by atoms with E-state index >= 15 is 0 Å². The second kappa shape index (κ2) is 4.51. The van der Waals surface area contributed by atoms with E-state index in [1.807, 2.05) is 18.2 Å². The van der Waals surface area contributed by atoms with Crippen LogP contribution in [0.4, 0.5) is 5.95 Å². The number of amides is 1. The van der Waals surface area contributed by atoms with Crippen LogP contribution in [-0.2, 0) is 4.79 Å². The fourth-order valence-electron chi connectivity index (χ4n) is 2.02. The Bertz CT molecular complexity index is 634. The van der Waals surface area contributed by atoms with E-state index in [2.05, 4.69) is 38.5 Å². The number of aromatic nitrogens is 2. The molecule has 1 amide bonds. The third kappa shape index (κ3) is 1.99. The number of hydrogen-bond acceptors (Lipinski definition) is 4. The number of hydrogen-bond donors (Lipinski definition) is 1. The fourth-order valence-corrected chi connectivity index (χ4v) is 2.80. The highest BCUT2D eigenvalue weighted by molar-refractivity contribution is 9.10. The van der Waals surface area contributed by atoms with Crippen molar-refractivity contribution in [2.24, 2.45) is 0 Å². The highest BCUT2D eigenvalue weighted by atomic mass is 79.9. The highest BCUT2D eigenvalue weighted by Crippen LogP contribution is 2.25. The Kier molecular flexibility index (Phi) is 2.99. The van der Waals surface area contributed by atoms with Crippen molar-refractivity contribution in [2.45, 2.75) is 11.7 Å². The molecule has 1 aromatic carbocycles. The monoisotopic (exact) mass is 323 g/mol. The number of carbonyl (C=O) groups excluding carboxylic acids is 1. The maximum absolute atomic E-state index is 11.8. The van der Waals surface area contributed by atoms with E-state index in [0.29, 0.717) is 18.9 Å². The summed E-state index contributed by atoms with van der Waals surface area (Å²) in [5, 5.41) is 1.01. The van der Waals surface area contributed by atoms with E-state index in [9.17, 15) is 4.79 Å². The normalized spacial score (nSPS) is 19.8. The molecule has 0 radical (unpaired) electrons. The first-order valence-electron chi connectivity index (χ1n) is 5.55. The molecule has 2 heterocycles. The van der Waals surface area contributed by atoms with Crippen LogP contribution in [0.25, 0.3) is 10.9 Å². The van der Waals surface area contributed by atoms with Crippen LogP contribution in [0.3, 0.4) is 0 Å². The van der Waals surface area contributed by atoms with Gasteiger partial charge in [-0.05, 0) is 12.1 Å². The number of anilines is 1. The van der Waals surface area contributed by atoms with Crippen LogP contribution >= 0.6 is 28.6 Å². The summed E-state index contributed by atoms with van der Waals surface area (Å²) in [5.41, 5.74) is 0.824. The quantitative estimate of drug-likeness (QED) is 0.820. The van der Waals surface area contributed by atoms with Crippen LogP contribution in [0.2, 0.25) is 0 Å². The van der Waals surface area contributed by atoms with E-state index in [4.69, 9.17) is 0 Å². The summed E-state index contributed by atoms with van der Waals surface area (Å²) in [6, 6.07) is 5.76. The molecule has 4 nitrogen and oxygen atoms in total. The smallest absolute Gasteiger partial charge is 0.232 e. The van der Waals surface area contributed by atoms with Crippen LogP contribution < -0.4 is 4.90 Å². The number of benzene rings is 1. The van der Waals surface area contributed by atoms with Gasteiger partial charge >= 0.3 is 0 Å². The zero-order valence-electron chi connectivity index (χ0n) is 9.38. The van der Waals surface area contributed by atoms with Crippen molar-refractivity contribution in [3.8, 4) is 0 Å². The van der Waals surface area contributed by atoms with Crippen molar-refractivity contribution in [2.75, 3.05) is 11.4 Å². The molecule has 6 heteroatoms. The topological polar surface area (TPSA) is 46.1 Å². The maximum atomic E-state index is 11.8. The molecule has 0 spiro atoms. The predicted molar refractivity (Wildman–Crippen MR) is 77.0 cm³/mol. The molecule has 1 fully saturated rings. The van der Waals surface area contributed by atoms with Crippen molar-refractivity contribution < 1.29 is 4.79 Å². The molecular formula is C12H10BrN3OS. The van der Waals surface area contributed by atoms with Crippen LogP contribution in [0.5, 0.6) is 0 Å². The standard InChI is InChI=1S/C12H10BrN3OS/c13-9-2-1-3-10-8(9)5-14-12(15-10)16-6-7(18)4-11(16)17/h1-3,5,7,18H,4,6H2. The van der Waals surface area contributed by atoms with E-state index < -0.39 is 0 Å². The third-order valence-electron chi connectivity index (χ3n) is 2.91. The maximum Gasteiger partial charge on any atom is 0.232 e. The van der Waals surface area contributed by atoms with Crippen molar-refractivity contribution in [1.29, 1.82) is 0 Å². The lowest BCUT2D eigenvalue weighted by Crippen LogP contribution is -2.26. The molecule has 0 aliphatic carbocycles. The minimum Gasteiger partial charge on any atom is -0.280 e. The Morgan fingerprint density at radius 3 is 3.00 bits per heavy atom. The van der Waals surface area contributed by atoms with Crippen molar-refractivity contribution in [3.63, 3.8) is 0 Å². The van der Waals surface area contributed by atoms with Gasteiger partial charge in [-0.25, -0.2) is 9.97 Å². The third-order valence-corrected chi connectivity index (χ3v) is 3.94. The predicted octanol–water partition coefficient (Wildman–Crippen LogP) is 2.43. The van der Waals surface area contributed by atoms with E-state index in [1.165, 1.54) is 0 Å². The van der Waals surface area contributed by atoms with Gasteiger partial charge in [0.05, 0.1) is 5.52 Å². The SMILES string of the molecule is O=C1CC(S)CN1c1ncc2c(Br)cccc2n1. The minimum absolute atomic E-state index is 0.0318. The minimum atomic E-state index is 0.0318. The average Bonchev–Trinajstić information content (AvgIpc) is 2.68. The van der Waals surface area contributed by atoms with Crippen molar-refractivity contribution >= 4 is 51.3 Å². The number of nitrogens with zero attached hydrogens (tertiary/aromatic N) is 3. The number of rotatable bonds is 1. The van der Waals surface area contributed by atoms with E-state index in [1.54, 1.807) is 11.1 Å². The molecule has 1 aliphatic heterocycles. The molecule has 1 aliphatic rings. The molecule has 1 unspecified atom stereocenters. The summed E-state index contributed by atoms with van der Waals surface area (Å²) in [7, 11) is 0. The summed E-state index contributed by atoms with van der Waals surface area (Å²) < 4.78 is 0.950. The van der Waals surface area contributed by atoms with E-state index in [0.717, 1.165) is 15.4 Å². The molecule has 0 saturated carbocycles. The molecule has 1 atom stereocenters. The zero-order chi connectivity index (χ0) is 12.7. The molecule has 0 N–H and O–H groups in total. The van der Waals surface area contributed by atoms with Gasteiger partial charge in [-0.15, -0.1) is 0 Å². The lowest BCUT2D eigenvalue weighted by Gasteiger charge is -2.13. The number of fused-ring (bicyclic) bond motifs is 1.